The topological polar surface area (TPSA) is 47.6 Å². The Labute approximate surface area is 112 Å². The van der Waals surface area contributed by atoms with Gasteiger partial charge in [-0.05, 0) is 37.0 Å². The first-order valence-corrected chi connectivity index (χ1v) is 6.45. The van der Waals surface area contributed by atoms with E-state index in [0.29, 0.717) is 0 Å². The van der Waals surface area contributed by atoms with E-state index in [1.54, 1.807) is 14.2 Å². The number of fused-ring (bicyclic) bond motifs is 2. The Bertz CT molecular complexity index is 589. The van der Waals surface area contributed by atoms with Crippen LogP contribution in [0.3, 0.4) is 0 Å². The first-order valence-electron chi connectivity index (χ1n) is 6.45. The van der Waals surface area contributed by atoms with E-state index in [-0.39, 0.29) is 11.8 Å². The number of rotatable bonds is 2. The summed E-state index contributed by atoms with van der Waals surface area (Å²) in [7, 11) is 3.30. The van der Waals surface area contributed by atoms with Crippen LogP contribution in [-0.4, -0.2) is 20.1 Å². The van der Waals surface area contributed by atoms with Crippen LogP contribution in [0.2, 0.25) is 0 Å². The lowest BCUT2D eigenvalue weighted by molar-refractivity contribution is -0.121. The number of carbonyl (C=O) groups is 1. The number of allylic oxidation sites excluding steroid dienone is 1. The second-order valence-electron chi connectivity index (χ2n) is 4.93. The van der Waals surface area contributed by atoms with E-state index in [1.807, 2.05) is 19.1 Å². The minimum absolute atomic E-state index is 0.0904. The van der Waals surface area contributed by atoms with Crippen molar-refractivity contribution in [1.29, 1.82) is 0 Å². The van der Waals surface area contributed by atoms with Gasteiger partial charge in [0.05, 0.1) is 20.1 Å². The van der Waals surface area contributed by atoms with E-state index >= 15 is 0 Å². The van der Waals surface area contributed by atoms with Crippen molar-refractivity contribution < 1.29 is 14.3 Å². The normalized spacial score (nSPS) is 20.8. The third-order valence-electron chi connectivity index (χ3n) is 3.99. The molecule has 0 saturated carbocycles. The van der Waals surface area contributed by atoms with Crippen molar-refractivity contribution in [2.45, 2.75) is 19.8 Å². The van der Waals surface area contributed by atoms with Crippen molar-refractivity contribution in [3.8, 4) is 11.5 Å². The van der Waals surface area contributed by atoms with Gasteiger partial charge >= 0.3 is 0 Å². The summed E-state index contributed by atoms with van der Waals surface area (Å²) in [6.45, 7) is 1.95. The summed E-state index contributed by atoms with van der Waals surface area (Å²) in [5.74, 6) is 1.54. The molecule has 1 N–H and O–H groups in total. The van der Waals surface area contributed by atoms with E-state index in [1.165, 1.54) is 0 Å². The average molecular weight is 259 g/mol. The first-order chi connectivity index (χ1) is 9.17. The minimum atomic E-state index is -0.0906. The van der Waals surface area contributed by atoms with Crippen LogP contribution in [0.15, 0.2) is 17.8 Å². The molecule has 1 aliphatic heterocycles. The molecule has 1 aliphatic carbocycles. The molecule has 0 spiro atoms. The van der Waals surface area contributed by atoms with E-state index in [2.05, 4.69) is 5.32 Å². The quantitative estimate of drug-likeness (QED) is 0.885. The lowest BCUT2D eigenvalue weighted by Crippen LogP contribution is -2.19. The molecule has 1 aromatic rings. The van der Waals surface area contributed by atoms with Gasteiger partial charge in [-0.2, -0.15) is 0 Å². The predicted molar refractivity (Wildman–Crippen MR) is 72.1 cm³/mol. The molecule has 0 radical (unpaired) electrons. The minimum Gasteiger partial charge on any atom is -0.493 e. The fraction of sp³-hybridized carbons (Fsp3) is 0.400. The van der Waals surface area contributed by atoms with Gasteiger partial charge in [-0.15, -0.1) is 0 Å². The third kappa shape index (κ3) is 1.63. The summed E-state index contributed by atoms with van der Waals surface area (Å²) < 4.78 is 10.8. The van der Waals surface area contributed by atoms with Gasteiger partial charge in [0.25, 0.3) is 0 Å². The Morgan fingerprint density at radius 3 is 2.68 bits per heavy atom. The highest BCUT2D eigenvalue weighted by atomic mass is 16.5. The largest absolute Gasteiger partial charge is 0.493 e. The van der Waals surface area contributed by atoms with Crippen molar-refractivity contribution in [2.75, 3.05) is 14.2 Å². The highest BCUT2D eigenvalue weighted by Crippen LogP contribution is 2.45. The molecule has 0 aromatic heterocycles. The monoisotopic (exact) mass is 259 g/mol. The molecule has 0 fully saturated rings. The fourth-order valence-electron chi connectivity index (χ4n) is 3.05. The molecule has 1 unspecified atom stereocenters. The number of methoxy groups -OCH3 is 2. The molecule has 100 valence electrons. The lowest BCUT2D eigenvalue weighted by atomic mass is 9.84. The highest BCUT2D eigenvalue weighted by molar-refractivity contribution is 6.00. The molecule has 1 amide bonds. The second kappa shape index (κ2) is 4.30. The maximum atomic E-state index is 11.8. The first kappa shape index (κ1) is 12.1. The number of nitrogens with one attached hydrogen (secondary N) is 1. The highest BCUT2D eigenvalue weighted by Gasteiger charge is 2.35. The molecule has 4 heteroatoms. The maximum Gasteiger partial charge on any atom is 0.231 e. The zero-order valence-corrected chi connectivity index (χ0v) is 11.4. The number of carbonyl (C=O) groups excluding carboxylic acids is 1. The van der Waals surface area contributed by atoms with Crippen LogP contribution in [0.5, 0.6) is 11.5 Å². The van der Waals surface area contributed by atoms with Crippen molar-refractivity contribution in [3.63, 3.8) is 0 Å². The number of amides is 1. The maximum absolute atomic E-state index is 11.8. The SMILES string of the molecule is COc1ccc2c(c1OC)CCC1=C2C(C)C(=O)N1. The van der Waals surface area contributed by atoms with Gasteiger partial charge in [-0.25, -0.2) is 0 Å². The summed E-state index contributed by atoms with van der Waals surface area (Å²) in [4.78, 5) is 11.8. The van der Waals surface area contributed by atoms with Crippen LogP contribution < -0.4 is 14.8 Å². The van der Waals surface area contributed by atoms with Crippen LogP contribution >= 0.6 is 0 Å². The fourth-order valence-corrected chi connectivity index (χ4v) is 3.05. The zero-order chi connectivity index (χ0) is 13.6. The Hall–Kier alpha value is -1.97. The van der Waals surface area contributed by atoms with Crippen LogP contribution in [0.4, 0.5) is 0 Å². The predicted octanol–water partition coefficient (Wildman–Crippen LogP) is 2.13. The van der Waals surface area contributed by atoms with Crippen LogP contribution in [0.25, 0.3) is 5.57 Å². The molecule has 0 saturated heterocycles. The lowest BCUT2D eigenvalue weighted by Gasteiger charge is -2.23. The number of hydrogen-bond donors (Lipinski definition) is 1. The Morgan fingerprint density at radius 1 is 1.21 bits per heavy atom. The van der Waals surface area contributed by atoms with E-state index in [0.717, 1.165) is 46.7 Å². The number of benzene rings is 1. The summed E-state index contributed by atoms with van der Waals surface area (Å²) in [5.41, 5.74) is 4.44. The van der Waals surface area contributed by atoms with Crippen molar-refractivity contribution in [1.82, 2.24) is 5.32 Å². The zero-order valence-electron chi connectivity index (χ0n) is 11.4. The Morgan fingerprint density at radius 2 is 2.00 bits per heavy atom. The van der Waals surface area contributed by atoms with Crippen LogP contribution in [0, 0.1) is 5.92 Å². The van der Waals surface area contributed by atoms with Gasteiger partial charge in [0.15, 0.2) is 11.5 Å². The molecule has 1 atom stereocenters. The molecular formula is C15H17NO3. The molecule has 4 nitrogen and oxygen atoms in total. The standard InChI is InChI=1S/C15H17NO3/c1-8-13-9-5-7-12(18-2)14(19-3)10(9)4-6-11(13)16-15(8)17/h5,7-8H,4,6H2,1-3H3,(H,16,17). The van der Waals surface area contributed by atoms with Gasteiger partial charge in [-0.1, -0.05) is 6.07 Å². The third-order valence-corrected chi connectivity index (χ3v) is 3.99. The van der Waals surface area contributed by atoms with E-state index in [4.69, 9.17) is 9.47 Å². The number of hydrogen-bond acceptors (Lipinski definition) is 3. The molecule has 1 heterocycles. The summed E-state index contributed by atoms with van der Waals surface area (Å²) in [5, 5.41) is 2.98. The van der Waals surface area contributed by atoms with Gasteiger partial charge in [-0.3, -0.25) is 4.79 Å². The van der Waals surface area contributed by atoms with Gasteiger partial charge < -0.3 is 14.8 Å². The van der Waals surface area contributed by atoms with Gasteiger partial charge in [0, 0.05) is 11.3 Å². The van der Waals surface area contributed by atoms with Crippen molar-refractivity contribution >= 4 is 11.5 Å². The van der Waals surface area contributed by atoms with Crippen molar-refractivity contribution in [2.24, 2.45) is 5.92 Å². The molecular weight excluding hydrogens is 242 g/mol. The van der Waals surface area contributed by atoms with Crippen molar-refractivity contribution in [3.05, 3.63) is 29.0 Å². The smallest absolute Gasteiger partial charge is 0.231 e. The van der Waals surface area contributed by atoms with E-state index < -0.39 is 0 Å². The average Bonchev–Trinajstić information content (AvgIpc) is 2.73. The molecule has 0 bridgehead atoms. The second-order valence-corrected chi connectivity index (χ2v) is 4.93. The molecule has 1 aromatic carbocycles. The Kier molecular flexibility index (Phi) is 2.73. The summed E-state index contributed by atoms with van der Waals surface area (Å²) in [6, 6.07) is 3.94. The van der Waals surface area contributed by atoms with Gasteiger partial charge in [0.2, 0.25) is 5.91 Å². The summed E-state index contributed by atoms with van der Waals surface area (Å²) >= 11 is 0. The van der Waals surface area contributed by atoms with Crippen LogP contribution in [-0.2, 0) is 11.2 Å². The van der Waals surface area contributed by atoms with E-state index in [9.17, 15) is 4.79 Å². The Balaban J connectivity index is 2.18. The molecule has 19 heavy (non-hydrogen) atoms. The molecule has 2 aliphatic rings. The van der Waals surface area contributed by atoms with Crippen LogP contribution in [0.1, 0.15) is 24.5 Å². The summed E-state index contributed by atoms with van der Waals surface area (Å²) in [6.07, 6.45) is 1.71. The van der Waals surface area contributed by atoms with Gasteiger partial charge in [0.1, 0.15) is 0 Å². The molecule has 3 rings (SSSR count). The number of ether oxygens (including phenoxy) is 2.